The fourth-order valence-electron chi connectivity index (χ4n) is 3.75. The summed E-state index contributed by atoms with van der Waals surface area (Å²) in [6, 6.07) is 23.1. The van der Waals surface area contributed by atoms with Crippen LogP contribution in [0.15, 0.2) is 78.9 Å². The smallest absolute Gasteiger partial charge is 0.169 e. The maximum atomic E-state index is 10.8. The van der Waals surface area contributed by atoms with Gasteiger partial charge in [0.2, 0.25) is 0 Å². The van der Waals surface area contributed by atoms with Gasteiger partial charge in [-0.2, -0.15) is 0 Å². The van der Waals surface area contributed by atoms with E-state index in [9.17, 15) is 15.3 Å². The van der Waals surface area contributed by atoms with Gasteiger partial charge < -0.3 is 25.0 Å². The van der Waals surface area contributed by atoms with Crippen molar-refractivity contribution in [3.05, 3.63) is 95.6 Å². The van der Waals surface area contributed by atoms with E-state index >= 15 is 0 Å². The summed E-state index contributed by atoms with van der Waals surface area (Å²) < 4.78 is 5.97. The normalized spacial score (nSPS) is 10.7. The van der Waals surface area contributed by atoms with E-state index in [1.165, 1.54) is 0 Å². The number of aromatic hydroxyl groups is 3. The van der Waals surface area contributed by atoms with Crippen LogP contribution in [0.1, 0.15) is 16.7 Å². The summed E-state index contributed by atoms with van der Waals surface area (Å²) in [7, 11) is 0. The summed E-state index contributed by atoms with van der Waals surface area (Å²) in [5.41, 5.74) is 4.46. The van der Waals surface area contributed by atoms with Gasteiger partial charge >= 0.3 is 0 Å². The van der Waals surface area contributed by atoms with Gasteiger partial charge in [-0.05, 0) is 73.9 Å². The maximum absolute atomic E-state index is 10.8. The van der Waals surface area contributed by atoms with E-state index < -0.39 is 0 Å². The molecule has 0 spiro atoms. The lowest BCUT2D eigenvalue weighted by Gasteiger charge is -2.29. The van der Waals surface area contributed by atoms with Crippen LogP contribution in [-0.4, -0.2) is 15.3 Å². The molecule has 0 aromatic heterocycles. The lowest BCUT2D eigenvalue weighted by molar-refractivity contribution is 0.411. The minimum atomic E-state index is 0.0472. The molecule has 4 aromatic carbocycles. The number of ether oxygens (including phenoxy) is 1. The largest absolute Gasteiger partial charge is 0.506 e. The first-order valence-corrected chi connectivity index (χ1v) is 10.3. The molecule has 0 fully saturated rings. The number of nitrogens with zero attached hydrogens (tertiary/aromatic N) is 1. The molecule has 32 heavy (non-hydrogen) atoms. The van der Waals surface area contributed by atoms with Crippen molar-refractivity contribution in [3.63, 3.8) is 0 Å². The van der Waals surface area contributed by atoms with Crippen LogP contribution in [0.4, 0.5) is 17.1 Å². The van der Waals surface area contributed by atoms with Crippen LogP contribution in [0.2, 0.25) is 0 Å². The molecule has 4 rings (SSSR count). The van der Waals surface area contributed by atoms with Gasteiger partial charge in [0, 0.05) is 6.07 Å². The molecule has 0 amide bonds. The van der Waals surface area contributed by atoms with Gasteiger partial charge in [0.05, 0.1) is 17.1 Å². The van der Waals surface area contributed by atoms with Gasteiger partial charge in [0.25, 0.3) is 0 Å². The Morgan fingerprint density at radius 2 is 1.22 bits per heavy atom. The summed E-state index contributed by atoms with van der Waals surface area (Å²) in [5, 5.41) is 31.7. The molecule has 5 heteroatoms. The van der Waals surface area contributed by atoms with Crippen molar-refractivity contribution in [2.75, 3.05) is 4.90 Å². The third kappa shape index (κ3) is 4.05. The zero-order valence-electron chi connectivity index (χ0n) is 18.2. The molecule has 0 aliphatic rings. The zero-order chi connectivity index (χ0) is 22.8. The summed E-state index contributed by atoms with van der Waals surface area (Å²) in [4.78, 5) is 1.82. The fraction of sp³-hybridized carbons (Fsp3) is 0.111. The lowest BCUT2D eigenvalue weighted by Crippen LogP contribution is -2.13. The first-order valence-electron chi connectivity index (χ1n) is 10.3. The minimum Gasteiger partial charge on any atom is -0.506 e. The highest BCUT2D eigenvalue weighted by Gasteiger charge is 2.23. The average Bonchev–Trinajstić information content (AvgIpc) is 2.75. The van der Waals surface area contributed by atoms with E-state index in [-0.39, 0.29) is 17.2 Å². The molecular weight excluding hydrogens is 402 g/mol. The number of aryl methyl sites for hydroxylation is 3. The van der Waals surface area contributed by atoms with Gasteiger partial charge in [-0.25, -0.2) is 0 Å². The third-order valence-corrected chi connectivity index (χ3v) is 5.30. The quantitative estimate of drug-likeness (QED) is 0.320. The third-order valence-electron chi connectivity index (χ3n) is 5.30. The number of hydrogen-bond acceptors (Lipinski definition) is 5. The standard InChI is InChI=1S/C27H25NO4/c1-17-13-14-22(29)25(15-17)32-21-10-6-9-20(16-21)28(26-18(2)7-4-11-23(26)30)27-19(3)8-5-12-24(27)31/h4-16,29-31H,1-3H3. The number of phenols is 3. The molecule has 0 unspecified atom stereocenters. The Balaban J connectivity index is 1.88. The van der Waals surface area contributed by atoms with Crippen molar-refractivity contribution in [2.45, 2.75) is 20.8 Å². The average molecular weight is 428 g/mol. The van der Waals surface area contributed by atoms with Crippen molar-refractivity contribution >= 4 is 17.1 Å². The lowest BCUT2D eigenvalue weighted by atomic mass is 10.1. The Labute approximate surface area is 187 Å². The first-order chi connectivity index (χ1) is 15.3. The van der Waals surface area contributed by atoms with E-state index in [2.05, 4.69) is 0 Å². The van der Waals surface area contributed by atoms with Crippen molar-refractivity contribution in [2.24, 2.45) is 0 Å². The molecule has 5 nitrogen and oxygen atoms in total. The van der Waals surface area contributed by atoms with E-state index in [0.717, 1.165) is 16.7 Å². The second-order valence-electron chi connectivity index (χ2n) is 7.79. The number of para-hydroxylation sites is 2. The Hall–Kier alpha value is -4.12. The van der Waals surface area contributed by atoms with E-state index in [4.69, 9.17) is 4.74 Å². The van der Waals surface area contributed by atoms with Crippen LogP contribution in [0.25, 0.3) is 0 Å². The van der Waals surface area contributed by atoms with E-state index in [0.29, 0.717) is 28.6 Å². The van der Waals surface area contributed by atoms with Crippen LogP contribution in [0.5, 0.6) is 28.7 Å². The number of anilines is 3. The van der Waals surface area contributed by atoms with Gasteiger partial charge in [0.15, 0.2) is 11.5 Å². The molecule has 0 atom stereocenters. The van der Waals surface area contributed by atoms with Crippen LogP contribution in [0.3, 0.4) is 0 Å². The van der Waals surface area contributed by atoms with Crippen LogP contribution < -0.4 is 9.64 Å². The first kappa shape index (κ1) is 21.1. The van der Waals surface area contributed by atoms with E-state index in [1.54, 1.807) is 48.5 Å². The molecule has 162 valence electrons. The molecule has 0 aliphatic heterocycles. The Bertz CT molecular complexity index is 1190. The SMILES string of the molecule is Cc1ccc(O)c(Oc2cccc(N(c3c(C)cccc3O)c3c(C)cccc3O)c2)c1. The van der Waals surface area contributed by atoms with Gasteiger partial charge in [-0.15, -0.1) is 0 Å². The van der Waals surface area contributed by atoms with Gasteiger partial charge in [-0.3, -0.25) is 0 Å². The highest BCUT2D eigenvalue weighted by atomic mass is 16.5. The van der Waals surface area contributed by atoms with Crippen LogP contribution in [0, 0.1) is 20.8 Å². The number of rotatable bonds is 5. The van der Waals surface area contributed by atoms with Crippen LogP contribution >= 0.6 is 0 Å². The summed E-state index contributed by atoms with van der Waals surface area (Å²) >= 11 is 0. The zero-order valence-corrected chi connectivity index (χ0v) is 18.2. The van der Waals surface area contributed by atoms with Crippen molar-refractivity contribution in [1.29, 1.82) is 0 Å². The number of phenolic OH excluding ortho intramolecular Hbond substituents is 3. The number of benzene rings is 4. The summed E-state index contributed by atoms with van der Waals surface area (Å²) in [6.45, 7) is 5.73. The molecule has 3 N–H and O–H groups in total. The maximum Gasteiger partial charge on any atom is 0.169 e. The minimum absolute atomic E-state index is 0.0472. The molecule has 0 radical (unpaired) electrons. The van der Waals surface area contributed by atoms with Crippen LogP contribution in [-0.2, 0) is 0 Å². The van der Waals surface area contributed by atoms with E-state index in [1.807, 2.05) is 56.0 Å². The highest BCUT2D eigenvalue weighted by Crippen LogP contribution is 2.47. The molecule has 0 saturated carbocycles. The number of hydrogen-bond donors (Lipinski definition) is 3. The van der Waals surface area contributed by atoms with Crippen molar-refractivity contribution in [3.8, 4) is 28.7 Å². The molecular formula is C27H25NO4. The summed E-state index contributed by atoms with van der Waals surface area (Å²) in [5.74, 6) is 1.09. The fourth-order valence-corrected chi connectivity index (χ4v) is 3.75. The molecule has 4 aromatic rings. The van der Waals surface area contributed by atoms with Gasteiger partial charge in [0.1, 0.15) is 17.2 Å². The second-order valence-corrected chi connectivity index (χ2v) is 7.79. The summed E-state index contributed by atoms with van der Waals surface area (Å²) in [6.07, 6.45) is 0. The Morgan fingerprint density at radius 1 is 0.625 bits per heavy atom. The molecule has 0 bridgehead atoms. The van der Waals surface area contributed by atoms with Crippen molar-refractivity contribution in [1.82, 2.24) is 0 Å². The highest BCUT2D eigenvalue weighted by molar-refractivity contribution is 5.86. The predicted molar refractivity (Wildman–Crippen MR) is 127 cm³/mol. The Kier molecular flexibility index (Phi) is 5.65. The second kappa shape index (κ2) is 8.55. The molecule has 0 saturated heterocycles. The molecule has 0 heterocycles. The predicted octanol–water partition coefficient (Wildman–Crippen LogP) is 6.99. The monoisotopic (exact) mass is 427 g/mol. The van der Waals surface area contributed by atoms with Gasteiger partial charge in [-0.1, -0.05) is 36.4 Å². The topological polar surface area (TPSA) is 73.2 Å². The Morgan fingerprint density at radius 3 is 1.81 bits per heavy atom. The molecule has 0 aliphatic carbocycles. The van der Waals surface area contributed by atoms with Crippen molar-refractivity contribution < 1.29 is 20.1 Å².